The second-order valence-electron chi connectivity index (χ2n) is 7.24. The molecule has 0 heterocycles. The van der Waals surface area contributed by atoms with Crippen LogP contribution in [0, 0.1) is 0 Å². The Hall–Kier alpha value is -2.28. The Morgan fingerprint density at radius 3 is 2.63 bits per heavy atom. The normalized spacial score (nSPS) is 11.8. The number of rotatable bonds is 13. The van der Waals surface area contributed by atoms with E-state index in [1.165, 1.54) is 0 Å². The molecule has 1 unspecified atom stereocenters. The smallest absolute Gasteiger partial charge is 0.224 e. The van der Waals surface area contributed by atoms with Gasteiger partial charge in [0.05, 0.1) is 5.02 Å². The third-order valence-electron chi connectivity index (χ3n) is 4.56. The molecule has 1 amide bonds. The van der Waals surface area contributed by atoms with Gasteiger partial charge in [0.2, 0.25) is 5.91 Å². The molecule has 0 aliphatic rings. The van der Waals surface area contributed by atoms with Crippen LogP contribution in [0.2, 0.25) is 5.02 Å². The average molecular weight is 435 g/mol. The first-order valence-corrected chi connectivity index (χ1v) is 10.7. The van der Waals surface area contributed by atoms with E-state index in [9.17, 15) is 15.0 Å². The zero-order valence-electron chi connectivity index (χ0n) is 17.4. The molecule has 2 aromatic rings. The number of ether oxygens (including phenoxy) is 1. The lowest BCUT2D eigenvalue weighted by atomic mass is 10.1. The van der Waals surface area contributed by atoms with Crippen molar-refractivity contribution in [2.75, 3.05) is 25.0 Å². The van der Waals surface area contributed by atoms with Crippen molar-refractivity contribution in [3.63, 3.8) is 0 Å². The number of phenolic OH excluding ortho intramolecular Hbond substituents is 1. The summed E-state index contributed by atoms with van der Waals surface area (Å²) >= 11 is 6.24. The first kappa shape index (κ1) is 24.0. The topological polar surface area (TPSA) is 90.8 Å². The van der Waals surface area contributed by atoms with Gasteiger partial charge < -0.3 is 25.6 Å². The van der Waals surface area contributed by atoms with Crippen molar-refractivity contribution in [1.82, 2.24) is 5.32 Å². The number of aliphatic hydroxyl groups excluding tert-OH is 1. The summed E-state index contributed by atoms with van der Waals surface area (Å²) in [5, 5.41) is 25.8. The standard InChI is InChI=1S/C23H31ClN2O4/c1-2-3-4-5-23(29)26-18-8-11-22(21(24)14-18)30-16-20(28)15-25-13-12-17-6-9-19(27)10-7-17/h6-11,14,20,25,27-28H,2-5,12-13,15-16H2,1H3,(H,26,29). The monoisotopic (exact) mass is 434 g/mol. The molecule has 0 fully saturated rings. The van der Waals surface area contributed by atoms with E-state index in [0.29, 0.717) is 36.0 Å². The Morgan fingerprint density at radius 2 is 1.93 bits per heavy atom. The molecule has 0 saturated heterocycles. The predicted octanol–water partition coefficient (Wildman–Crippen LogP) is 4.14. The van der Waals surface area contributed by atoms with Crippen LogP contribution in [0.1, 0.15) is 38.2 Å². The highest BCUT2D eigenvalue weighted by Crippen LogP contribution is 2.28. The number of aromatic hydroxyl groups is 1. The summed E-state index contributed by atoms with van der Waals surface area (Å²) in [6, 6.07) is 12.1. The number of benzene rings is 2. The van der Waals surface area contributed by atoms with Gasteiger partial charge in [-0.1, -0.05) is 43.5 Å². The van der Waals surface area contributed by atoms with Gasteiger partial charge in [-0.2, -0.15) is 0 Å². The molecule has 164 valence electrons. The molecule has 6 nitrogen and oxygen atoms in total. The Bertz CT molecular complexity index is 783. The number of carbonyl (C=O) groups excluding carboxylic acids is 1. The molecule has 2 aromatic carbocycles. The van der Waals surface area contributed by atoms with E-state index in [0.717, 1.165) is 31.2 Å². The van der Waals surface area contributed by atoms with E-state index in [2.05, 4.69) is 17.6 Å². The number of hydrogen-bond acceptors (Lipinski definition) is 5. The predicted molar refractivity (Wildman–Crippen MR) is 120 cm³/mol. The largest absolute Gasteiger partial charge is 0.508 e. The lowest BCUT2D eigenvalue weighted by Crippen LogP contribution is -2.32. The summed E-state index contributed by atoms with van der Waals surface area (Å²) in [6.07, 6.45) is 3.60. The van der Waals surface area contributed by atoms with Crippen LogP contribution in [0.3, 0.4) is 0 Å². The minimum Gasteiger partial charge on any atom is -0.508 e. The summed E-state index contributed by atoms with van der Waals surface area (Å²) in [7, 11) is 0. The van der Waals surface area contributed by atoms with Crippen molar-refractivity contribution in [1.29, 1.82) is 0 Å². The van der Waals surface area contributed by atoms with Crippen LogP contribution in [0.15, 0.2) is 42.5 Å². The second kappa shape index (κ2) is 13.1. The molecule has 0 bridgehead atoms. The molecule has 7 heteroatoms. The molecule has 2 rings (SSSR count). The quantitative estimate of drug-likeness (QED) is 0.356. The molecular weight excluding hydrogens is 404 g/mol. The molecule has 0 radical (unpaired) electrons. The minimum absolute atomic E-state index is 0.0259. The van der Waals surface area contributed by atoms with Crippen molar-refractivity contribution in [2.45, 2.75) is 45.1 Å². The Kier molecular flexibility index (Phi) is 10.5. The summed E-state index contributed by atoms with van der Waals surface area (Å²) in [5.41, 5.74) is 1.74. The third-order valence-corrected chi connectivity index (χ3v) is 4.86. The number of nitrogens with one attached hydrogen (secondary N) is 2. The minimum atomic E-state index is -0.682. The van der Waals surface area contributed by atoms with E-state index < -0.39 is 6.10 Å². The zero-order chi connectivity index (χ0) is 21.8. The lowest BCUT2D eigenvalue weighted by molar-refractivity contribution is -0.116. The van der Waals surface area contributed by atoms with Crippen LogP contribution < -0.4 is 15.4 Å². The van der Waals surface area contributed by atoms with Gasteiger partial charge in [0.15, 0.2) is 0 Å². The highest BCUT2D eigenvalue weighted by Gasteiger charge is 2.09. The molecule has 0 spiro atoms. The Labute approximate surface area is 183 Å². The van der Waals surface area contributed by atoms with Gasteiger partial charge in [-0.3, -0.25) is 4.79 Å². The van der Waals surface area contributed by atoms with E-state index >= 15 is 0 Å². The summed E-state index contributed by atoms with van der Waals surface area (Å²) in [6.45, 7) is 3.30. The van der Waals surface area contributed by atoms with Crippen molar-refractivity contribution >= 4 is 23.2 Å². The van der Waals surface area contributed by atoms with Gasteiger partial charge in [0.25, 0.3) is 0 Å². The number of carbonyl (C=O) groups is 1. The number of hydrogen-bond donors (Lipinski definition) is 4. The number of aliphatic hydroxyl groups is 1. The number of halogens is 1. The number of unbranched alkanes of at least 4 members (excludes halogenated alkanes) is 2. The summed E-state index contributed by atoms with van der Waals surface area (Å²) in [4.78, 5) is 11.9. The average Bonchev–Trinajstić information content (AvgIpc) is 2.72. The maximum Gasteiger partial charge on any atom is 0.224 e. The van der Waals surface area contributed by atoms with Crippen molar-refractivity contribution in [2.24, 2.45) is 0 Å². The fourth-order valence-electron chi connectivity index (χ4n) is 2.86. The van der Waals surface area contributed by atoms with Gasteiger partial charge >= 0.3 is 0 Å². The van der Waals surface area contributed by atoms with Crippen LogP contribution in [0.5, 0.6) is 11.5 Å². The highest BCUT2D eigenvalue weighted by molar-refractivity contribution is 6.32. The Balaban J connectivity index is 1.67. The van der Waals surface area contributed by atoms with Crippen LogP contribution in [-0.2, 0) is 11.2 Å². The summed E-state index contributed by atoms with van der Waals surface area (Å²) < 4.78 is 5.60. The van der Waals surface area contributed by atoms with Crippen LogP contribution in [0.4, 0.5) is 5.69 Å². The SMILES string of the molecule is CCCCCC(=O)Nc1ccc(OCC(O)CNCCc2ccc(O)cc2)c(Cl)c1. The van der Waals surface area contributed by atoms with E-state index in [1.807, 2.05) is 12.1 Å². The molecule has 1 atom stereocenters. The summed E-state index contributed by atoms with van der Waals surface area (Å²) in [5.74, 6) is 0.686. The van der Waals surface area contributed by atoms with Crippen molar-refractivity contribution < 1.29 is 19.7 Å². The maximum atomic E-state index is 11.9. The van der Waals surface area contributed by atoms with E-state index in [-0.39, 0.29) is 18.3 Å². The zero-order valence-corrected chi connectivity index (χ0v) is 18.1. The highest BCUT2D eigenvalue weighted by atomic mass is 35.5. The molecule has 4 N–H and O–H groups in total. The van der Waals surface area contributed by atoms with Crippen LogP contribution in [-0.4, -0.2) is 41.9 Å². The second-order valence-corrected chi connectivity index (χ2v) is 7.64. The molecule has 30 heavy (non-hydrogen) atoms. The number of anilines is 1. The molecule has 0 saturated carbocycles. The van der Waals surface area contributed by atoms with Gasteiger partial charge in [-0.25, -0.2) is 0 Å². The maximum absolute atomic E-state index is 11.9. The van der Waals surface area contributed by atoms with Crippen LogP contribution in [0.25, 0.3) is 0 Å². The van der Waals surface area contributed by atoms with Gasteiger partial charge in [-0.05, 0) is 55.3 Å². The van der Waals surface area contributed by atoms with Gasteiger partial charge in [0.1, 0.15) is 24.2 Å². The van der Waals surface area contributed by atoms with E-state index in [4.69, 9.17) is 16.3 Å². The third kappa shape index (κ3) is 9.03. The number of amides is 1. The first-order chi connectivity index (χ1) is 14.5. The van der Waals surface area contributed by atoms with Gasteiger partial charge in [-0.15, -0.1) is 0 Å². The van der Waals surface area contributed by atoms with Crippen molar-refractivity contribution in [3.05, 3.63) is 53.1 Å². The fourth-order valence-corrected chi connectivity index (χ4v) is 3.10. The van der Waals surface area contributed by atoms with Gasteiger partial charge in [0, 0.05) is 18.7 Å². The molecular formula is C23H31ClN2O4. The molecule has 0 aromatic heterocycles. The Morgan fingerprint density at radius 1 is 1.17 bits per heavy atom. The fraction of sp³-hybridized carbons (Fsp3) is 0.435. The van der Waals surface area contributed by atoms with Crippen molar-refractivity contribution in [3.8, 4) is 11.5 Å². The lowest BCUT2D eigenvalue weighted by Gasteiger charge is -2.15. The molecule has 0 aliphatic heterocycles. The first-order valence-electron chi connectivity index (χ1n) is 10.4. The van der Waals surface area contributed by atoms with Crippen LogP contribution >= 0.6 is 11.6 Å². The molecule has 0 aliphatic carbocycles. The van der Waals surface area contributed by atoms with E-state index in [1.54, 1.807) is 30.3 Å². The number of phenols is 1.